The highest BCUT2D eigenvalue weighted by Crippen LogP contribution is 2.32. The van der Waals surface area contributed by atoms with Gasteiger partial charge in [0.25, 0.3) is 0 Å². The number of nitrogens with one attached hydrogen (secondary N) is 1. The van der Waals surface area contributed by atoms with Crippen LogP contribution in [0.25, 0.3) is 0 Å². The van der Waals surface area contributed by atoms with Gasteiger partial charge in [0, 0.05) is 5.02 Å². The number of carboxylic acid groups (broad SMARTS) is 1. The third-order valence-electron chi connectivity index (χ3n) is 3.64. The van der Waals surface area contributed by atoms with E-state index in [0.717, 1.165) is 0 Å². The second-order valence-electron chi connectivity index (χ2n) is 5.11. The number of benzene rings is 1. The SMILES string of the molecule is Cc1ccc(Cl)cc1S(=O)(=O)NC1(C(=O)O)CCCC1. The maximum Gasteiger partial charge on any atom is 0.324 e. The summed E-state index contributed by atoms with van der Waals surface area (Å²) in [5.41, 5.74) is -0.867. The van der Waals surface area contributed by atoms with Crippen molar-refractivity contribution in [3.8, 4) is 0 Å². The first-order valence-corrected chi connectivity index (χ1v) is 8.16. The number of aliphatic carboxylic acids is 1. The minimum Gasteiger partial charge on any atom is -0.480 e. The van der Waals surface area contributed by atoms with Gasteiger partial charge in [0.1, 0.15) is 5.54 Å². The van der Waals surface area contributed by atoms with E-state index in [1.807, 2.05) is 0 Å². The van der Waals surface area contributed by atoms with Crippen LogP contribution in [0, 0.1) is 6.92 Å². The highest BCUT2D eigenvalue weighted by molar-refractivity contribution is 7.89. The minimum atomic E-state index is -3.92. The monoisotopic (exact) mass is 317 g/mol. The topological polar surface area (TPSA) is 83.5 Å². The average molecular weight is 318 g/mol. The zero-order valence-corrected chi connectivity index (χ0v) is 12.6. The Labute approximate surface area is 123 Å². The van der Waals surface area contributed by atoms with Crippen LogP contribution in [0.3, 0.4) is 0 Å². The predicted octanol–water partition coefficient (Wildman–Crippen LogP) is 2.32. The Bertz CT molecular complexity index is 636. The summed E-state index contributed by atoms with van der Waals surface area (Å²) in [6, 6.07) is 4.53. The highest BCUT2D eigenvalue weighted by Gasteiger charge is 2.44. The molecule has 2 rings (SSSR count). The molecule has 0 radical (unpaired) electrons. The Hall–Kier alpha value is -1.11. The molecule has 0 aromatic heterocycles. The molecule has 1 fully saturated rings. The van der Waals surface area contributed by atoms with Gasteiger partial charge < -0.3 is 5.11 Å². The molecule has 0 unspecified atom stereocenters. The fourth-order valence-corrected chi connectivity index (χ4v) is 4.44. The van der Waals surface area contributed by atoms with Gasteiger partial charge in [-0.3, -0.25) is 4.79 Å². The van der Waals surface area contributed by atoms with Crippen LogP contribution in [0.1, 0.15) is 31.2 Å². The molecule has 0 bridgehead atoms. The second-order valence-corrected chi connectivity index (χ2v) is 7.20. The third kappa shape index (κ3) is 2.82. The summed E-state index contributed by atoms with van der Waals surface area (Å²) in [4.78, 5) is 11.5. The number of sulfonamides is 1. The normalized spacial score (nSPS) is 18.1. The van der Waals surface area contributed by atoms with Crippen molar-refractivity contribution in [1.82, 2.24) is 4.72 Å². The molecule has 0 aliphatic heterocycles. The summed E-state index contributed by atoms with van der Waals surface area (Å²) in [7, 11) is -3.92. The number of rotatable bonds is 4. The lowest BCUT2D eigenvalue weighted by Gasteiger charge is -2.25. The van der Waals surface area contributed by atoms with Crippen LogP contribution in [0.5, 0.6) is 0 Å². The maximum absolute atomic E-state index is 12.4. The first kappa shape index (κ1) is 15.3. The van der Waals surface area contributed by atoms with Crippen molar-refractivity contribution in [2.24, 2.45) is 0 Å². The van der Waals surface area contributed by atoms with Crippen LogP contribution in [0.15, 0.2) is 23.1 Å². The molecule has 110 valence electrons. The van der Waals surface area contributed by atoms with Crippen LogP contribution >= 0.6 is 11.6 Å². The molecule has 1 aliphatic rings. The van der Waals surface area contributed by atoms with E-state index in [2.05, 4.69) is 4.72 Å². The Morgan fingerprint density at radius 2 is 1.95 bits per heavy atom. The van der Waals surface area contributed by atoms with E-state index in [1.165, 1.54) is 6.07 Å². The molecule has 1 saturated carbocycles. The summed E-state index contributed by atoms with van der Waals surface area (Å²) in [5.74, 6) is -1.13. The fraction of sp³-hybridized carbons (Fsp3) is 0.462. The van der Waals surface area contributed by atoms with Crippen molar-refractivity contribution in [1.29, 1.82) is 0 Å². The van der Waals surface area contributed by atoms with E-state index >= 15 is 0 Å². The van der Waals surface area contributed by atoms with Crippen LogP contribution in [-0.4, -0.2) is 25.0 Å². The highest BCUT2D eigenvalue weighted by atomic mass is 35.5. The third-order valence-corrected chi connectivity index (χ3v) is 5.55. The second kappa shape index (κ2) is 5.35. The van der Waals surface area contributed by atoms with Crippen molar-refractivity contribution < 1.29 is 18.3 Å². The van der Waals surface area contributed by atoms with Crippen molar-refractivity contribution in [2.75, 3.05) is 0 Å². The zero-order valence-electron chi connectivity index (χ0n) is 11.0. The lowest BCUT2D eigenvalue weighted by molar-refractivity contribution is -0.143. The van der Waals surface area contributed by atoms with Crippen molar-refractivity contribution in [3.05, 3.63) is 28.8 Å². The van der Waals surface area contributed by atoms with Crippen molar-refractivity contribution in [3.63, 3.8) is 0 Å². The lowest BCUT2D eigenvalue weighted by atomic mass is 10.0. The van der Waals surface area contributed by atoms with Gasteiger partial charge in [0.05, 0.1) is 4.90 Å². The van der Waals surface area contributed by atoms with Gasteiger partial charge in [-0.2, -0.15) is 4.72 Å². The van der Waals surface area contributed by atoms with E-state index in [-0.39, 0.29) is 4.90 Å². The first-order chi connectivity index (χ1) is 9.27. The smallest absolute Gasteiger partial charge is 0.324 e. The molecular formula is C13H16ClNO4S. The van der Waals surface area contributed by atoms with Crippen LogP contribution in [-0.2, 0) is 14.8 Å². The maximum atomic E-state index is 12.4. The summed E-state index contributed by atoms with van der Waals surface area (Å²) < 4.78 is 27.2. The molecule has 2 N–H and O–H groups in total. The van der Waals surface area contributed by atoms with Gasteiger partial charge in [-0.25, -0.2) is 8.42 Å². The summed E-state index contributed by atoms with van der Waals surface area (Å²) >= 11 is 5.83. The number of hydrogen-bond donors (Lipinski definition) is 2. The van der Waals surface area contributed by atoms with E-state index in [0.29, 0.717) is 36.3 Å². The number of halogens is 1. The molecule has 0 heterocycles. The molecule has 20 heavy (non-hydrogen) atoms. The van der Waals surface area contributed by atoms with Gasteiger partial charge in [-0.15, -0.1) is 0 Å². The van der Waals surface area contributed by atoms with E-state index in [9.17, 15) is 18.3 Å². The molecule has 7 heteroatoms. The number of aryl methyl sites for hydroxylation is 1. The summed E-state index contributed by atoms with van der Waals surface area (Å²) in [6.07, 6.45) is 2.01. The zero-order chi connectivity index (χ0) is 15.0. The number of carbonyl (C=O) groups is 1. The molecule has 1 aromatic carbocycles. The minimum absolute atomic E-state index is 0.0255. The Balaban J connectivity index is 2.40. The van der Waals surface area contributed by atoms with E-state index in [1.54, 1.807) is 19.1 Å². The molecule has 0 saturated heterocycles. The van der Waals surface area contributed by atoms with Crippen molar-refractivity contribution in [2.45, 2.75) is 43.0 Å². The standard InChI is InChI=1S/C13H16ClNO4S/c1-9-4-5-10(14)8-11(9)20(18,19)15-13(12(16)17)6-2-3-7-13/h4-5,8,15H,2-3,6-7H2,1H3,(H,16,17). The van der Waals surface area contributed by atoms with Gasteiger partial charge in [-0.1, -0.05) is 30.5 Å². The lowest BCUT2D eigenvalue weighted by Crippen LogP contribution is -2.52. The van der Waals surface area contributed by atoms with Gasteiger partial charge in [0.2, 0.25) is 10.0 Å². The number of hydrogen-bond acceptors (Lipinski definition) is 3. The Kier molecular flexibility index (Phi) is 4.09. The molecule has 5 nitrogen and oxygen atoms in total. The average Bonchev–Trinajstić information content (AvgIpc) is 2.81. The van der Waals surface area contributed by atoms with E-state index in [4.69, 9.17) is 11.6 Å². The Morgan fingerprint density at radius 3 is 2.50 bits per heavy atom. The van der Waals surface area contributed by atoms with Gasteiger partial charge >= 0.3 is 5.97 Å². The van der Waals surface area contributed by atoms with Crippen LogP contribution < -0.4 is 4.72 Å². The Morgan fingerprint density at radius 1 is 1.35 bits per heavy atom. The molecular weight excluding hydrogens is 302 g/mol. The number of carboxylic acids is 1. The predicted molar refractivity (Wildman–Crippen MR) is 75.3 cm³/mol. The van der Waals surface area contributed by atoms with Gasteiger partial charge in [0.15, 0.2) is 0 Å². The quantitative estimate of drug-likeness (QED) is 0.892. The molecule has 0 amide bonds. The van der Waals surface area contributed by atoms with Crippen molar-refractivity contribution >= 4 is 27.6 Å². The summed E-state index contributed by atoms with van der Waals surface area (Å²) in [5, 5.41) is 9.64. The summed E-state index contributed by atoms with van der Waals surface area (Å²) in [6.45, 7) is 1.65. The van der Waals surface area contributed by atoms with E-state index < -0.39 is 21.5 Å². The van der Waals surface area contributed by atoms with Gasteiger partial charge in [-0.05, 0) is 37.5 Å². The van der Waals surface area contributed by atoms with Crippen LogP contribution in [0.4, 0.5) is 0 Å². The first-order valence-electron chi connectivity index (χ1n) is 6.30. The molecule has 1 aromatic rings. The largest absolute Gasteiger partial charge is 0.480 e. The molecule has 1 aliphatic carbocycles. The molecule has 0 atom stereocenters. The van der Waals surface area contributed by atoms with Crippen LogP contribution in [0.2, 0.25) is 5.02 Å². The molecule has 0 spiro atoms. The fourth-order valence-electron chi connectivity index (χ4n) is 2.51.